The van der Waals surface area contributed by atoms with Gasteiger partial charge in [0.15, 0.2) is 6.10 Å². The summed E-state index contributed by atoms with van der Waals surface area (Å²) in [5, 5.41) is 15.2. The Hall–Kier alpha value is -1.85. The van der Waals surface area contributed by atoms with Crippen LogP contribution in [0.15, 0.2) is 0 Å². The lowest BCUT2D eigenvalue weighted by molar-refractivity contribution is -0.793. The maximum Gasteiger partial charge on any atom is 0.521 e. The SMILES string of the molecule is CCCC[C@@H](NC(=O)[C@H](CCCCN)NC(=O)C1CC1)P(=O)(O)OC(C)C(=O)[N+]1(C(=O)O)CCC[C@H]1C. The van der Waals surface area contributed by atoms with E-state index < -0.39 is 54.0 Å². The van der Waals surface area contributed by atoms with Crippen LogP contribution in [0.1, 0.15) is 85.0 Å². The monoisotopic (exact) mass is 547 g/mol. The molecule has 212 valence electrons. The fourth-order valence-electron chi connectivity index (χ4n) is 4.83. The molecule has 12 nitrogen and oxygen atoms in total. The summed E-state index contributed by atoms with van der Waals surface area (Å²) in [5.74, 6) is -3.06. The van der Waals surface area contributed by atoms with Crippen LogP contribution < -0.4 is 16.4 Å². The molecule has 37 heavy (non-hydrogen) atoms. The highest BCUT2D eigenvalue weighted by Gasteiger charge is 2.55. The fourth-order valence-corrected chi connectivity index (χ4v) is 6.32. The second-order valence-corrected chi connectivity index (χ2v) is 12.3. The first-order chi connectivity index (χ1) is 17.4. The summed E-state index contributed by atoms with van der Waals surface area (Å²) < 4.78 is 17.9. The Labute approximate surface area is 218 Å². The largest absolute Gasteiger partial charge is 0.521 e. The van der Waals surface area contributed by atoms with Crippen molar-refractivity contribution in [3.05, 3.63) is 0 Å². The van der Waals surface area contributed by atoms with Crippen LogP contribution in [0.3, 0.4) is 0 Å². The van der Waals surface area contributed by atoms with E-state index in [-0.39, 0.29) is 24.8 Å². The van der Waals surface area contributed by atoms with Crippen LogP contribution in [0, 0.1) is 5.92 Å². The lowest BCUT2D eigenvalue weighted by Crippen LogP contribution is -2.61. The number of nitrogens with two attached hydrogens (primary N) is 1. The van der Waals surface area contributed by atoms with Crippen LogP contribution in [0.5, 0.6) is 0 Å². The summed E-state index contributed by atoms with van der Waals surface area (Å²) in [4.78, 5) is 61.6. The first-order valence-corrected chi connectivity index (χ1v) is 15.0. The molecule has 1 heterocycles. The van der Waals surface area contributed by atoms with Gasteiger partial charge in [-0.15, -0.1) is 0 Å². The molecule has 4 amide bonds. The van der Waals surface area contributed by atoms with E-state index in [0.29, 0.717) is 51.5 Å². The number of hydrogen-bond acceptors (Lipinski definition) is 7. The molecule has 13 heteroatoms. The maximum absolute atomic E-state index is 13.4. The van der Waals surface area contributed by atoms with Crippen molar-refractivity contribution < 1.29 is 42.7 Å². The number of unbranched alkanes of at least 4 members (excludes halogenated alkanes) is 2. The van der Waals surface area contributed by atoms with Gasteiger partial charge in [0.1, 0.15) is 17.9 Å². The van der Waals surface area contributed by atoms with Crippen LogP contribution in [-0.2, 0) is 23.5 Å². The Kier molecular flexibility index (Phi) is 11.7. The minimum Gasteiger partial charge on any atom is -0.435 e. The van der Waals surface area contributed by atoms with Gasteiger partial charge >= 0.3 is 19.6 Å². The van der Waals surface area contributed by atoms with E-state index in [2.05, 4.69) is 10.6 Å². The fraction of sp³-hybridized carbons (Fsp3) is 0.833. The smallest absolute Gasteiger partial charge is 0.435 e. The third-order valence-electron chi connectivity index (χ3n) is 7.34. The number of likely N-dealkylation sites (tertiary alicyclic amines) is 1. The predicted molar refractivity (Wildman–Crippen MR) is 136 cm³/mol. The summed E-state index contributed by atoms with van der Waals surface area (Å²) in [6.07, 6.45) is 2.66. The van der Waals surface area contributed by atoms with Crippen LogP contribution >= 0.6 is 7.60 Å². The van der Waals surface area contributed by atoms with Gasteiger partial charge in [-0.25, -0.2) is 4.79 Å². The van der Waals surface area contributed by atoms with E-state index in [1.54, 1.807) is 6.92 Å². The summed E-state index contributed by atoms with van der Waals surface area (Å²) in [5.41, 5.74) is 5.56. The van der Waals surface area contributed by atoms with Gasteiger partial charge in [-0.1, -0.05) is 19.8 Å². The highest BCUT2D eigenvalue weighted by atomic mass is 31.2. The average Bonchev–Trinajstić information content (AvgIpc) is 3.61. The minimum atomic E-state index is -4.62. The predicted octanol–water partition coefficient (Wildman–Crippen LogP) is 2.44. The summed E-state index contributed by atoms with van der Waals surface area (Å²) in [6.45, 7) is 5.33. The van der Waals surface area contributed by atoms with E-state index in [4.69, 9.17) is 10.3 Å². The van der Waals surface area contributed by atoms with Gasteiger partial charge in [0.05, 0.1) is 6.54 Å². The number of nitrogens with one attached hydrogen (secondary N) is 2. The highest BCUT2D eigenvalue weighted by molar-refractivity contribution is 7.53. The quantitative estimate of drug-likeness (QED) is 0.117. The maximum atomic E-state index is 13.4. The molecule has 6 atom stereocenters. The molecule has 0 aromatic carbocycles. The summed E-state index contributed by atoms with van der Waals surface area (Å²) in [6, 6.07) is -1.39. The molecule has 0 aromatic rings. The topological polar surface area (TPSA) is 185 Å². The van der Waals surface area contributed by atoms with Crippen LogP contribution in [0.2, 0.25) is 0 Å². The molecule has 1 aliphatic carbocycles. The number of amides is 4. The van der Waals surface area contributed by atoms with E-state index >= 15 is 0 Å². The Morgan fingerprint density at radius 3 is 2.30 bits per heavy atom. The third kappa shape index (κ3) is 8.07. The van der Waals surface area contributed by atoms with Gasteiger partial charge in [-0.3, -0.25) is 18.7 Å². The standard InChI is InChI=1S/C24H43N4O8P/c1-4-5-11-20(27-22(30)19(10-6-7-14-25)26-21(29)18-12-13-18)37(34,35)36-17(3)23(31)28(24(32)33)15-8-9-16(28)2/h16-20H,4-15,25H2,1-3H3,(H3-,26,27,29,30,32,33,34,35)/p+1/t16-,17?,19+,20+,28?/m1/s1. The van der Waals surface area contributed by atoms with E-state index in [9.17, 15) is 33.7 Å². The van der Waals surface area contributed by atoms with Crippen molar-refractivity contribution in [3.63, 3.8) is 0 Å². The molecule has 2 fully saturated rings. The van der Waals surface area contributed by atoms with E-state index in [0.717, 1.165) is 12.8 Å². The van der Waals surface area contributed by atoms with Crippen molar-refractivity contribution in [3.8, 4) is 0 Å². The minimum absolute atomic E-state index is 0.0833. The molecule has 1 saturated carbocycles. The Balaban J connectivity index is 2.17. The number of carbonyl (C=O) groups excluding carboxylic acids is 3. The number of nitrogens with zero attached hydrogens (tertiary/aromatic N) is 1. The number of rotatable bonds is 15. The van der Waals surface area contributed by atoms with Gasteiger partial charge in [0, 0.05) is 18.8 Å². The molecule has 2 rings (SSSR count). The van der Waals surface area contributed by atoms with Gasteiger partial charge in [0.2, 0.25) is 11.8 Å². The van der Waals surface area contributed by atoms with E-state index in [1.165, 1.54) is 6.92 Å². The molecular weight excluding hydrogens is 503 g/mol. The first-order valence-electron chi connectivity index (χ1n) is 13.4. The summed E-state index contributed by atoms with van der Waals surface area (Å²) in [7, 11) is -4.62. The zero-order chi connectivity index (χ0) is 27.8. The molecule has 1 aliphatic heterocycles. The van der Waals surface area contributed by atoms with Crippen molar-refractivity contribution in [2.75, 3.05) is 13.1 Å². The van der Waals surface area contributed by atoms with Crippen LogP contribution in [0.4, 0.5) is 4.79 Å². The van der Waals surface area contributed by atoms with Crippen LogP contribution in [0.25, 0.3) is 0 Å². The van der Waals surface area contributed by atoms with Crippen molar-refractivity contribution in [1.29, 1.82) is 0 Å². The number of hydrogen-bond donors (Lipinski definition) is 5. The molecule has 0 bridgehead atoms. The second-order valence-electron chi connectivity index (χ2n) is 10.3. The lowest BCUT2D eigenvalue weighted by Gasteiger charge is -2.33. The molecular formula is C24H44N4O8P+. The van der Waals surface area contributed by atoms with Crippen LogP contribution in [-0.4, -0.2) is 75.4 Å². The van der Waals surface area contributed by atoms with E-state index in [1.807, 2.05) is 6.92 Å². The second kappa shape index (κ2) is 13.8. The zero-order valence-electron chi connectivity index (χ0n) is 22.2. The Morgan fingerprint density at radius 1 is 1.11 bits per heavy atom. The molecule has 0 aromatic heterocycles. The van der Waals surface area contributed by atoms with Gasteiger partial charge in [0.25, 0.3) is 0 Å². The Bertz CT molecular complexity index is 883. The number of carboxylic acid groups (broad SMARTS) is 1. The third-order valence-corrected chi connectivity index (χ3v) is 9.13. The van der Waals surface area contributed by atoms with Crippen molar-refractivity contribution in [2.45, 2.75) is 109 Å². The van der Waals surface area contributed by atoms with Gasteiger partial charge in [-0.2, -0.15) is 9.28 Å². The van der Waals surface area contributed by atoms with Gasteiger partial charge in [-0.05, 0) is 58.9 Å². The molecule has 1 saturated heterocycles. The number of quaternary nitrogens is 1. The molecule has 6 N–H and O–H groups in total. The Morgan fingerprint density at radius 2 is 1.78 bits per heavy atom. The van der Waals surface area contributed by atoms with Crippen molar-refractivity contribution in [1.82, 2.24) is 10.6 Å². The number of imide groups is 1. The van der Waals surface area contributed by atoms with Crippen molar-refractivity contribution >= 4 is 31.4 Å². The summed E-state index contributed by atoms with van der Waals surface area (Å²) >= 11 is 0. The molecule has 3 unspecified atom stereocenters. The van der Waals surface area contributed by atoms with Crippen molar-refractivity contribution in [2.24, 2.45) is 11.7 Å². The molecule has 0 spiro atoms. The lowest BCUT2D eigenvalue weighted by atomic mass is 10.1. The molecule has 2 aliphatic rings. The highest BCUT2D eigenvalue weighted by Crippen LogP contribution is 2.50. The first kappa shape index (κ1) is 31.4. The van der Waals surface area contributed by atoms with Gasteiger partial charge < -0.3 is 26.4 Å². The molecule has 0 radical (unpaired) electrons. The average molecular weight is 548 g/mol. The zero-order valence-corrected chi connectivity index (χ0v) is 23.1. The number of carbonyl (C=O) groups is 4. The normalized spacial score (nSPS) is 25.5.